The van der Waals surface area contributed by atoms with Crippen LogP contribution in [0.1, 0.15) is 65.2 Å². The number of carbonyl (C=O) groups is 2. The maximum Gasteiger partial charge on any atom is 0.348 e. The van der Waals surface area contributed by atoms with Crippen molar-refractivity contribution in [2.75, 3.05) is 0 Å². The van der Waals surface area contributed by atoms with Gasteiger partial charge in [-0.2, -0.15) is 0 Å². The van der Waals surface area contributed by atoms with E-state index in [9.17, 15) is 14.0 Å². The zero-order valence-electron chi connectivity index (χ0n) is 24.4. The molecule has 0 saturated carbocycles. The molecule has 0 saturated heterocycles. The number of rotatable bonds is 11. The minimum Gasteiger partial charge on any atom is -0.457 e. The summed E-state index contributed by atoms with van der Waals surface area (Å²) in [7, 11) is 0. The number of nitrogens with one attached hydrogen (secondary N) is 1. The van der Waals surface area contributed by atoms with E-state index in [-0.39, 0.29) is 35.7 Å². The normalized spacial score (nSPS) is 16.1. The predicted molar refractivity (Wildman–Crippen MR) is 166 cm³/mol. The molecule has 224 valence electrons. The van der Waals surface area contributed by atoms with Gasteiger partial charge >= 0.3 is 5.97 Å². The molecule has 0 radical (unpaired) electrons. The summed E-state index contributed by atoms with van der Waals surface area (Å²) >= 11 is 1.17. The van der Waals surface area contributed by atoms with Crippen LogP contribution in [0.15, 0.2) is 94.4 Å². The van der Waals surface area contributed by atoms with Crippen molar-refractivity contribution in [2.24, 2.45) is 22.4 Å². The molecule has 10 heteroatoms. The van der Waals surface area contributed by atoms with E-state index in [2.05, 4.69) is 0 Å². The number of aryl methyl sites for hydroxylation is 1. The number of carbonyl (C=O) groups excluding carboxylic acids is 2. The van der Waals surface area contributed by atoms with Crippen LogP contribution in [0, 0.1) is 17.1 Å². The molecule has 0 bridgehead atoms. The molecule has 8 nitrogen and oxygen atoms in total. The van der Waals surface area contributed by atoms with Gasteiger partial charge in [0.2, 0.25) is 5.91 Å². The third kappa shape index (κ3) is 8.04. The third-order valence-corrected chi connectivity index (χ3v) is 7.88. The monoisotopic (exact) mass is 602 g/mol. The van der Waals surface area contributed by atoms with Gasteiger partial charge in [0.25, 0.3) is 0 Å². The summed E-state index contributed by atoms with van der Waals surface area (Å²) in [6.45, 7) is 5.59. The molecule has 0 fully saturated rings. The fraction of sp³-hybridized carbons (Fsp3) is 0.273. The second kappa shape index (κ2) is 14.1. The molecule has 2 heterocycles. The van der Waals surface area contributed by atoms with Gasteiger partial charge in [-0.05, 0) is 60.6 Å². The first-order chi connectivity index (χ1) is 20.5. The minimum absolute atomic E-state index is 0.0840. The van der Waals surface area contributed by atoms with Crippen molar-refractivity contribution in [3.05, 3.63) is 116 Å². The largest absolute Gasteiger partial charge is 0.457 e. The molecule has 5 N–H and O–H groups in total. The summed E-state index contributed by atoms with van der Waals surface area (Å²) in [5.41, 5.74) is 16.0. The number of aliphatic imine (C=N–C) groups is 1. The highest BCUT2D eigenvalue weighted by Gasteiger charge is 2.38. The molecular weight excluding hydrogens is 567 g/mol. The lowest BCUT2D eigenvalue weighted by atomic mass is 9.80. The van der Waals surface area contributed by atoms with E-state index in [0.29, 0.717) is 46.0 Å². The summed E-state index contributed by atoms with van der Waals surface area (Å²) in [6.07, 6.45) is 1.38. The maximum absolute atomic E-state index is 13.5. The number of nitrogens with zero attached hydrogens (tertiary/aromatic N) is 1. The van der Waals surface area contributed by atoms with Crippen molar-refractivity contribution < 1.29 is 23.5 Å². The molecule has 1 atom stereocenters. The lowest BCUT2D eigenvalue weighted by Crippen LogP contribution is -2.31. The molecule has 43 heavy (non-hydrogen) atoms. The highest BCUT2D eigenvalue weighted by atomic mass is 32.1. The van der Waals surface area contributed by atoms with Crippen molar-refractivity contribution in [1.29, 1.82) is 5.41 Å². The number of nitrogens with two attached hydrogens (primary N) is 2. The Morgan fingerprint density at radius 1 is 1.00 bits per heavy atom. The van der Waals surface area contributed by atoms with Gasteiger partial charge in [-0.25, -0.2) is 9.18 Å². The molecule has 1 aliphatic heterocycles. The highest BCUT2D eigenvalue weighted by Crippen LogP contribution is 2.44. The van der Waals surface area contributed by atoms with Crippen LogP contribution >= 0.6 is 11.3 Å². The number of primary amides is 1. The predicted octanol–water partition coefficient (Wildman–Crippen LogP) is 6.38. The Labute approximate surface area is 254 Å². The van der Waals surface area contributed by atoms with E-state index in [0.717, 1.165) is 11.1 Å². The third-order valence-electron chi connectivity index (χ3n) is 6.75. The summed E-state index contributed by atoms with van der Waals surface area (Å²) in [5, 5.41) is 7.91. The van der Waals surface area contributed by atoms with Gasteiger partial charge in [-0.1, -0.05) is 56.3 Å². The van der Waals surface area contributed by atoms with Crippen LogP contribution in [0.5, 0.6) is 0 Å². The second-order valence-corrected chi connectivity index (χ2v) is 11.8. The lowest BCUT2D eigenvalue weighted by molar-refractivity contribution is -0.114. The Balaban J connectivity index is 1.77. The number of hydrogen-bond acceptors (Lipinski definition) is 8. The van der Waals surface area contributed by atoms with Gasteiger partial charge in [0.05, 0.1) is 22.9 Å². The van der Waals surface area contributed by atoms with E-state index in [1.807, 2.05) is 44.2 Å². The molecule has 1 unspecified atom stereocenters. The zero-order valence-corrected chi connectivity index (χ0v) is 25.2. The van der Waals surface area contributed by atoms with Crippen LogP contribution in [0.3, 0.4) is 0 Å². The molecule has 2 aromatic carbocycles. The average molecular weight is 603 g/mol. The summed E-state index contributed by atoms with van der Waals surface area (Å²) in [4.78, 5) is 31.9. The van der Waals surface area contributed by atoms with E-state index < -0.39 is 17.8 Å². The molecule has 1 aliphatic rings. The Kier molecular flexibility index (Phi) is 10.3. The standard InChI is InChI=1S/C33H35FN4O4S/c1-19(2)17-25-28(31(36)39)30(26-15-16-27(43-26)33(40)41-18-22-7-5-4-6-8-22)29(32(37)42-20(3)35)24(38-25)14-11-21-9-12-23(34)13-10-21/h4-10,12-13,15-16,19,30,35H,11,14,17-18,37H2,1-3H3,(H2,36,39)/b32-29-,35-20?. The fourth-order valence-electron chi connectivity index (χ4n) is 4.89. The van der Waals surface area contributed by atoms with E-state index >= 15 is 0 Å². The summed E-state index contributed by atoms with van der Waals surface area (Å²) in [5.74, 6) is -2.36. The van der Waals surface area contributed by atoms with Gasteiger partial charge < -0.3 is 20.9 Å². The SMILES string of the molecule is CC(=N)O/C(N)=C1/C(CCc2ccc(F)cc2)=NC(CC(C)C)=C(C(N)=O)C1c1ccc(C(=O)OCc2ccccc2)s1. The highest BCUT2D eigenvalue weighted by molar-refractivity contribution is 7.14. The number of allylic oxidation sites excluding steroid dienone is 2. The van der Waals surface area contributed by atoms with E-state index in [1.165, 1.54) is 30.4 Å². The summed E-state index contributed by atoms with van der Waals surface area (Å²) in [6, 6.07) is 18.9. The molecule has 1 amide bonds. The van der Waals surface area contributed by atoms with Gasteiger partial charge in [0, 0.05) is 17.4 Å². The van der Waals surface area contributed by atoms with Crippen molar-refractivity contribution in [3.63, 3.8) is 0 Å². The molecule has 0 aliphatic carbocycles. The van der Waals surface area contributed by atoms with Crippen LogP contribution in [0.25, 0.3) is 0 Å². The molecule has 3 aromatic rings. The van der Waals surface area contributed by atoms with Crippen LogP contribution in [0.2, 0.25) is 0 Å². The van der Waals surface area contributed by atoms with Gasteiger partial charge in [0.15, 0.2) is 11.8 Å². The number of amides is 1. The molecule has 1 aromatic heterocycles. The Morgan fingerprint density at radius 2 is 1.70 bits per heavy atom. The van der Waals surface area contributed by atoms with Gasteiger partial charge in [-0.15, -0.1) is 11.3 Å². The van der Waals surface area contributed by atoms with Crippen molar-refractivity contribution in [3.8, 4) is 0 Å². The fourth-order valence-corrected chi connectivity index (χ4v) is 5.91. The number of thiophene rings is 1. The van der Waals surface area contributed by atoms with Crippen molar-refractivity contribution in [2.45, 2.75) is 52.6 Å². The topological polar surface area (TPSA) is 141 Å². The van der Waals surface area contributed by atoms with Crippen molar-refractivity contribution in [1.82, 2.24) is 0 Å². The Hall–Kier alpha value is -4.57. The Morgan fingerprint density at radius 3 is 2.33 bits per heavy atom. The minimum atomic E-state index is -0.785. The maximum atomic E-state index is 13.5. The van der Waals surface area contributed by atoms with E-state index in [4.69, 9.17) is 31.3 Å². The first-order valence-corrected chi connectivity index (χ1v) is 14.7. The second-order valence-electron chi connectivity index (χ2n) is 10.6. The number of ether oxygens (including phenoxy) is 2. The average Bonchev–Trinajstić information content (AvgIpc) is 3.45. The van der Waals surface area contributed by atoms with Crippen LogP contribution in [-0.2, 0) is 27.3 Å². The molecule has 4 rings (SSSR count). The number of halogens is 1. The van der Waals surface area contributed by atoms with Crippen LogP contribution in [-0.4, -0.2) is 23.5 Å². The van der Waals surface area contributed by atoms with Gasteiger partial charge in [-0.3, -0.25) is 15.2 Å². The van der Waals surface area contributed by atoms with E-state index in [1.54, 1.807) is 24.3 Å². The first-order valence-electron chi connectivity index (χ1n) is 13.9. The summed E-state index contributed by atoms with van der Waals surface area (Å²) < 4.78 is 24.6. The van der Waals surface area contributed by atoms with Gasteiger partial charge in [0.1, 0.15) is 17.3 Å². The molecule has 0 spiro atoms. The van der Waals surface area contributed by atoms with Crippen LogP contribution in [0.4, 0.5) is 4.39 Å². The zero-order chi connectivity index (χ0) is 31.1. The van der Waals surface area contributed by atoms with Crippen molar-refractivity contribution >= 4 is 34.8 Å². The smallest absolute Gasteiger partial charge is 0.348 e. The quantitative estimate of drug-likeness (QED) is 0.101. The number of esters is 1. The first kappa shape index (κ1) is 31.4. The number of hydrogen-bond donors (Lipinski definition) is 3. The number of benzene rings is 2. The Bertz CT molecular complexity index is 1590. The van der Waals surface area contributed by atoms with Crippen LogP contribution < -0.4 is 11.5 Å². The molecular formula is C33H35FN4O4S. The lowest BCUT2D eigenvalue weighted by Gasteiger charge is -2.30.